The Morgan fingerprint density at radius 3 is 1.63 bits per heavy atom. The molecule has 2 aromatic heterocycles. The van der Waals surface area contributed by atoms with Crippen molar-refractivity contribution in [2.24, 2.45) is 22.7 Å². The molecule has 30 heavy (non-hydrogen) atoms. The summed E-state index contributed by atoms with van der Waals surface area (Å²) in [6.45, 7) is 15.2. The van der Waals surface area contributed by atoms with Crippen LogP contribution >= 0.6 is 22.7 Å². The first-order chi connectivity index (χ1) is 13.9. The van der Waals surface area contributed by atoms with Crippen LogP contribution in [0.15, 0.2) is 0 Å². The molecular formula is C25H30O3S2. The van der Waals surface area contributed by atoms with Gasteiger partial charge in [0.15, 0.2) is 5.78 Å². The second kappa shape index (κ2) is 6.07. The first kappa shape index (κ1) is 20.4. The molecule has 160 valence electrons. The number of aryl methyl sites for hydroxylation is 2. The van der Waals surface area contributed by atoms with Gasteiger partial charge in [-0.1, -0.05) is 27.7 Å². The molecular weight excluding hydrogens is 412 g/mol. The van der Waals surface area contributed by atoms with Crippen LogP contribution in [0.3, 0.4) is 0 Å². The van der Waals surface area contributed by atoms with Crippen LogP contribution in [0.1, 0.15) is 97.8 Å². The number of carboxylic acid groups (broad SMARTS) is 1. The normalized spacial score (nSPS) is 29.8. The summed E-state index contributed by atoms with van der Waals surface area (Å²) in [5.41, 5.74) is 6.33. The van der Waals surface area contributed by atoms with Crippen LogP contribution in [0.25, 0.3) is 0 Å². The average Bonchev–Trinajstić information content (AvgIpc) is 3.15. The topological polar surface area (TPSA) is 54.4 Å². The van der Waals surface area contributed by atoms with E-state index in [4.69, 9.17) is 5.11 Å². The highest BCUT2D eigenvalue weighted by Gasteiger charge is 2.64. The van der Waals surface area contributed by atoms with Crippen LogP contribution in [0, 0.1) is 36.5 Å². The Labute approximate surface area is 186 Å². The zero-order chi connectivity index (χ0) is 21.9. The number of hydrogen-bond donors (Lipinski definition) is 1. The highest BCUT2D eigenvalue weighted by Crippen LogP contribution is 2.72. The van der Waals surface area contributed by atoms with E-state index >= 15 is 0 Å². The van der Waals surface area contributed by atoms with Crippen LogP contribution in [0.2, 0.25) is 0 Å². The van der Waals surface area contributed by atoms with Crippen molar-refractivity contribution in [1.82, 2.24) is 0 Å². The maximum atomic E-state index is 11.5. The fourth-order valence-corrected chi connectivity index (χ4v) is 8.92. The SMILES string of the molecule is CC(=O)c1sc(C)c2c1C[C@@H]1[C@H]2C1(C)C.Cc1sc(C(=O)O)c2c1[C@H]1[C@@H](C2)C1(C)C. The van der Waals surface area contributed by atoms with Gasteiger partial charge in [0.2, 0.25) is 0 Å². The van der Waals surface area contributed by atoms with Crippen LogP contribution in [0.5, 0.6) is 0 Å². The number of hydrogen-bond acceptors (Lipinski definition) is 4. The maximum Gasteiger partial charge on any atom is 0.346 e. The van der Waals surface area contributed by atoms with Crippen molar-refractivity contribution in [2.75, 3.05) is 0 Å². The predicted octanol–water partition coefficient (Wildman–Crippen LogP) is 6.61. The number of Topliss-reactive ketones (excluding diaryl/α,β-unsaturated/α-hetero) is 1. The monoisotopic (exact) mass is 442 g/mol. The van der Waals surface area contributed by atoms with Crippen LogP contribution in [-0.4, -0.2) is 16.9 Å². The lowest BCUT2D eigenvalue weighted by Crippen LogP contribution is -2.03. The van der Waals surface area contributed by atoms with E-state index < -0.39 is 5.97 Å². The first-order valence-corrected chi connectivity index (χ1v) is 12.5. The fraction of sp³-hybridized carbons (Fsp3) is 0.600. The van der Waals surface area contributed by atoms with Crippen molar-refractivity contribution in [3.05, 3.63) is 41.8 Å². The van der Waals surface area contributed by atoms with Crippen LogP contribution in [-0.2, 0) is 12.8 Å². The Kier molecular flexibility index (Phi) is 4.14. The quantitative estimate of drug-likeness (QED) is 0.533. The maximum absolute atomic E-state index is 11.5. The van der Waals surface area contributed by atoms with E-state index in [2.05, 4.69) is 41.5 Å². The van der Waals surface area contributed by atoms with Gasteiger partial charge in [-0.15, -0.1) is 22.7 Å². The van der Waals surface area contributed by atoms with Crippen molar-refractivity contribution in [3.63, 3.8) is 0 Å². The minimum atomic E-state index is -0.747. The molecule has 1 N–H and O–H groups in total. The molecule has 0 aliphatic heterocycles. The van der Waals surface area contributed by atoms with Gasteiger partial charge in [-0.2, -0.15) is 0 Å². The molecule has 0 amide bonds. The van der Waals surface area contributed by atoms with Gasteiger partial charge in [0, 0.05) is 9.75 Å². The second-order valence-electron chi connectivity index (χ2n) is 10.8. The number of carboxylic acids is 1. The summed E-state index contributed by atoms with van der Waals surface area (Å²) in [6, 6.07) is 0. The zero-order valence-corrected chi connectivity index (χ0v) is 20.4. The van der Waals surface area contributed by atoms with E-state index in [0.717, 1.165) is 35.1 Å². The Balaban J connectivity index is 0.000000128. The number of fused-ring (bicyclic) bond motifs is 6. The highest BCUT2D eigenvalue weighted by atomic mass is 32.1. The van der Waals surface area contributed by atoms with Gasteiger partial charge in [-0.3, -0.25) is 4.79 Å². The summed E-state index contributed by atoms with van der Waals surface area (Å²) in [5.74, 6) is 2.40. The Hall–Kier alpha value is -1.46. The zero-order valence-electron chi connectivity index (χ0n) is 18.8. The first-order valence-electron chi connectivity index (χ1n) is 10.9. The summed E-state index contributed by atoms with van der Waals surface area (Å²) < 4.78 is 0. The molecule has 4 atom stereocenters. The number of rotatable bonds is 2. The molecule has 0 saturated heterocycles. The third-order valence-electron chi connectivity index (χ3n) is 8.55. The molecule has 2 aromatic rings. The second-order valence-corrected chi connectivity index (χ2v) is 13.3. The van der Waals surface area contributed by atoms with Gasteiger partial charge in [0.05, 0.1) is 4.88 Å². The molecule has 0 unspecified atom stereocenters. The van der Waals surface area contributed by atoms with Crippen LogP contribution < -0.4 is 0 Å². The lowest BCUT2D eigenvalue weighted by atomic mass is 9.95. The van der Waals surface area contributed by atoms with Crippen molar-refractivity contribution >= 4 is 34.4 Å². The Morgan fingerprint density at radius 2 is 1.23 bits per heavy atom. The molecule has 4 aliphatic carbocycles. The third kappa shape index (κ3) is 2.54. The van der Waals surface area contributed by atoms with Crippen molar-refractivity contribution < 1.29 is 14.7 Å². The Morgan fingerprint density at radius 1 is 0.833 bits per heavy atom. The third-order valence-corrected chi connectivity index (χ3v) is 11.0. The molecule has 2 fully saturated rings. The summed E-state index contributed by atoms with van der Waals surface area (Å²) in [5, 5.41) is 9.10. The van der Waals surface area contributed by atoms with E-state index in [0.29, 0.717) is 27.5 Å². The predicted molar refractivity (Wildman–Crippen MR) is 123 cm³/mol. The minimum Gasteiger partial charge on any atom is -0.477 e. The number of carbonyl (C=O) groups is 2. The lowest BCUT2D eigenvalue weighted by Gasteiger charge is -2.09. The fourth-order valence-electron chi connectivity index (χ4n) is 6.72. The van der Waals surface area contributed by atoms with Gasteiger partial charge in [0.1, 0.15) is 4.88 Å². The van der Waals surface area contributed by atoms with Gasteiger partial charge >= 0.3 is 5.97 Å². The molecule has 0 radical (unpaired) electrons. The summed E-state index contributed by atoms with van der Waals surface area (Å²) in [7, 11) is 0. The van der Waals surface area contributed by atoms with Gasteiger partial charge in [-0.05, 0) is 90.4 Å². The number of thiophene rings is 2. The van der Waals surface area contributed by atoms with Crippen molar-refractivity contribution in [1.29, 1.82) is 0 Å². The average molecular weight is 443 g/mol. The largest absolute Gasteiger partial charge is 0.477 e. The molecule has 3 nitrogen and oxygen atoms in total. The summed E-state index contributed by atoms with van der Waals surface area (Å²) in [6.07, 6.45) is 2.13. The van der Waals surface area contributed by atoms with E-state index in [-0.39, 0.29) is 5.78 Å². The molecule has 0 bridgehead atoms. The van der Waals surface area contributed by atoms with Gasteiger partial charge in [-0.25, -0.2) is 4.79 Å². The van der Waals surface area contributed by atoms with Crippen molar-refractivity contribution in [2.45, 2.75) is 73.1 Å². The van der Waals surface area contributed by atoms with E-state index in [1.807, 2.05) is 0 Å². The van der Waals surface area contributed by atoms with E-state index in [9.17, 15) is 9.59 Å². The Bertz CT molecular complexity index is 1030. The van der Waals surface area contributed by atoms with E-state index in [1.165, 1.54) is 37.8 Å². The molecule has 6 rings (SSSR count). The number of ketones is 1. The molecule has 5 heteroatoms. The van der Waals surface area contributed by atoms with Crippen LogP contribution in [0.4, 0.5) is 0 Å². The van der Waals surface area contributed by atoms with E-state index in [1.54, 1.807) is 18.3 Å². The summed E-state index contributed by atoms with van der Waals surface area (Å²) >= 11 is 3.16. The van der Waals surface area contributed by atoms with Gasteiger partial charge in [0.25, 0.3) is 0 Å². The number of aromatic carboxylic acids is 1. The number of carbonyl (C=O) groups excluding carboxylic acids is 1. The highest BCUT2D eigenvalue weighted by molar-refractivity contribution is 7.14. The molecule has 2 heterocycles. The summed E-state index contributed by atoms with van der Waals surface area (Å²) in [4.78, 5) is 26.8. The van der Waals surface area contributed by atoms with Crippen molar-refractivity contribution in [3.8, 4) is 0 Å². The minimum absolute atomic E-state index is 0.253. The molecule has 0 spiro atoms. The lowest BCUT2D eigenvalue weighted by molar-refractivity contribution is 0.0700. The standard InChI is InChI=1S/C13H16OS.C12H14O2S/c1-6(14)12-8-5-9-11(13(9,3)4)10(8)7(2)15-12;1-5-8-6(10(15-5)11(13)14)4-7-9(8)12(7,2)3/h9,11H,5H2,1-4H3;7,9H,4H2,1-3H3,(H,13,14)/t9-,11-;7-,9-/m11/s1. The van der Waals surface area contributed by atoms with Gasteiger partial charge < -0.3 is 5.11 Å². The smallest absolute Gasteiger partial charge is 0.346 e. The molecule has 4 aliphatic rings. The molecule has 0 aromatic carbocycles. The molecule has 2 saturated carbocycles.